The van der Waals surface area contributed by atoms with Crippen LogP contribution in [0.2, 0.25) is 0 Å². The Hall–Kier alpha value is -0.160. The van der Waals surface area contributed by atoms with Crippen LogP contribution in [-0.2, 0) is 9.47 Å². The largest absolute Gasteiger partial charge is 0.377 e. The summed E-state index contributed by atoms with van der Waals surface area (Å²) in [5.74, 6) is 0. The lowest BCUT2D eigenvalue weighted by molar-refractivity contribution is -0.185. The van der Waals surface area contributed by atoms with Crippen LogP contribution in [0.5, 0.6) is 0 Å². The number of ether oxygens (including phenoxy) is 2. The molecular formula is C10H20N2O2. The third-order valence-electron chi connectivity index (χ3n) is 3.61. The van der Waals surface area contributed by atoms with Crippen LogP contribution in [0.4, 0.5) is 0 Å². The van der Waals surface area contributed by atoms with Crippen molar-refractivity contribution in [2.75, 3.05) is 32.9 Å². The van der Waals surface area contributed by atoms with Crippen LogP contribution in [0.3, 0.4) is 0 Å². The zero-order valence-electron chi connectivity index (χ0n) is 9.03. The van der Waals surface area contributed by atoms with E-state index in [0.717, 1.165) is 26.4 Å². The second kappa shape index (κ2) is 3.77. The topological polar surface area (TPSA) is 47.7 Å². The van der Waals surface area contributed by atoms with Gasteiger partial charge in [-0.3, -0.25) is 4.90 Å². The van der Waals surface area contributed by atoms with E-state index < -0.39 is 0 Å². The zero-order valence-corrected chi connectivity index (χ0v) is 9.03. The fourth-order valence-corrected chi connectivity index (χ4v) is 2.34. The Kier molecular flexibility index (Phi) is 2.79. The van der Waals surface area contributed by atoms with Gasteiger partial charge in [-0.2, -0.15) is 0 Å². The molecule has 2 atom stereocenters. The van der Waals surface area contributed by atoms with Gasteiger partial charge in [0.2, 0.25) is 0 Å². The van der Waals surface area contributed by atoms with E-state index in [0.29, 0.717) is 18.7 Å². The van der Waals surface area contributed by atoms with Gasteiger partial charge in [0, 0.05) is 19.1 Å². The summed E-state index contributed by atoms with van der Waals surface area (Å²) in [5, 5.41) is 0. The maximum atomic E-state index is 5.84. The highest BCUT2D eigenvalue weighted by Crippen LogP contribution is 2.29. The van der Waals surface area contributed by atoms with E-state index in [9.17, 15) is 0 Å². The highest BCUT2D eigenvalue weighted by Gasteiger charge is 2.46. The number of hydrogen-bond acceptors (Lipinski definition) is 4. The van der Waals surface area contributed by atoms with E-state index in [-0.39, 0.29) is 5.54 Å². The summed E-state index contributed by atoms with van der Waals surface area (Å²) >= 11 is 0. The van der Waals surface area contributed by atoms with Gasteiger partial charge < -0.3 is 15.2 Å². The number of morpholine rings is 1. The fraction of sp³-hybridized carbons (Fsp3) is 1.00. The van der Waals surface area contributed by atoms with Gasteiger partial charge in [0.25, 0.3) is 0 Å². The van der Waals surface area contributed by atoms with Crippen molar-refractivity contribution in [2.24, 2.45) is 5.73 Å². The minimum atomic E-state index is 0.0947. The molecule has 0 aromatic carbocycles. The monoisotopic (exact) mass is 200 g/mol. The first-order valence-corrected chi connectivity index (χ1v) is 5.36. The van der Waals surface area contributed by atoms with Gasteiger partial charge in [-0.1, -0.05) is 0 Å². The molecule has 2 rings (SSSR count). The maximum absolute atomic E-state index is 5.84. The third-order valence-corrected chi connectivity index (χ3v) is 3.61. The molecule has 2 fully saturated rings. The van der Waals surface area contributed by atoms with E-state index in [4.69, 9.17) is 15.2 Å². The van der Waals surface area contributed by atoms with E-state index >= 15 is 0 Å². The third kappa shape index (κ3) is 1.46. The lowest BCUT2D eigenvalue weighted by Crippen LogP contribution is -2.71. The van der Waals surface area contributed by atoms with Crippen molar-refractivity contribution in [1.82, 2.24) is 4.90 Å². The molecule has 4 heteroatoms. The summed E-state index contributed by atoms with van der Waals surface area (Å²) in [5.41, 5.74) is 5.94. The van der Waals surface area contributed by atoms with Crippen molar-refractivity contribution >= 4 is 0 Å². The van der Waals surface area contributed by atoms with E-state index in [2.05, 4.69) is 18.7 Å². The SMILES string of the molecule is CC1OCCN(C2(CN)COC2)C1C. The first-order chi connectivity index (χ1) is 6.69. The van der Waals surface area contributed by atoms with Crippen molar-refractivity contribution in [3.8, 4) is 0 Å². The van der Waals surface area contributed by atoms with Gasteiger partial charge in [-0.25, -0.2) is 0 Å². The van der Waals surface area contributed by atoms with E-state index in [1.165, 1.54) is 0 Å². The second-order valence-electron chi connectivity index (χ2n) is 4.43. The van der Waals surface area contributed by atoms with E-state index in [1.54, 1.807) is 0 Å². The number of nitrogens with zero attached hydrogens (tertiary/aromatic N) is 1. The Bertz CT molecular complexity index is 201. The van der Waals surface area contributed by atoms with Crippen molar-refractivity contribution < 1.29 is 9.47 Å². The molecule has 2 heterocycles. The molecule has 4 nitrogen and oxygen atoms in total. The average Bonchev–Trinajstić information content (AvgIpc) is 2.11. The molecule has 0 bridgehead atoms. The minimum absolute atomic E-state index is 0.0947. The van der Waals surface area contributed by atoms with E-state index in [1.807, 2.05) is 0 Å². The molecule has 0 radical (unpaired) electrons. The lowest BCUT2D eigenvalue weighted by atomic mass is 9.91. The molecule has 82 valence electrons. The summed E-state index contributed by atoms with van der Waals surface area (Å²) in [6, 6.07) is 0.441. The highest BCUT2D eigenvalue weighted by atomic mass is 16.5. The van der Waals surface area contributed by atoms with Crippen LogP contribution in [0, 0.1) is 0 Å². The lowest BCUT2D eigenvalue weighted by Gasteiger charge is -2.54. The maximum Gasteiger partial charge on any atom is 0.0806 e. The molecule has 0 amide bonds. The molecular weight excluding hydrogens is 180 g/mol. The highest BCUT2D eigenvalue weighted by molar-refractivity contribution is 5.01. The predicted octanol–water partition coefficient (Wildman–Crippen LogP) is -0.177. The summed E-state index contributed by atoms with van der Waals surface area (Å²) in [6.45, 7) is 8.37. The molecule has 2 unspecified atom stereocenters. The molecule has 0 aliphatic carbocycles. The number of nitrogens with two attached hydrogens (primary N) is 1. The minimum Gasteiger partial charge on any atom is -0.377 e. The van der Waals surface area contributed by atoms with Gasteiger partial charge >= 0.3 is 0 Å². The normalized spacial score (nSPS) is 37.9. The van der Waals surface area contributed by atoms with Crippen molar-refractivity contribution in [3.63, 3.8) is 0 Å². The summed E-state index contributed by atoms with van der Waals surface area (Å²) in [7, 11) is 0. The Morgan fingerprint density at radius 2 is 2.14 bits per heavy atom. The van der Waals surface area contributed by atoms with Gasteiger partial charge in [0.15, 0.2) is 0 Å². The first-order valence-electron chi connectivity index (χ1n) is 5.36. The number of rotatable bonds is 2. The Balaban J connectivity index is 2.07. The molecule has 0 aromatic heterocycles. The van der Waals surface area contributed by atoms with Gasteiger partial charge in [-0.05, 0) is 13.8 Å². The van der Waals surface area contributed by atoms with Crippen LogP contribution in [-0.4, -0.2) is 55.5 Å². The first kappa shape index (κ1) is 10.4. The molecule has 0 aromatic rings. The molecule has 2 saturated heterocycles. The molecule has 0 spiro atoms. The Morgan fingerprint density at radius 1 is 1.43 bits per heavy atom. The molecule has 0 saturated carbocycles. The van der Waals surface area contributed by atoms with Crippen LogP contribution in [0.25, 0.3) is 0 Å². The van der Waals surface area contributed by atoms with Crippen LogP contribution < -0.4 is 5.73 Å². The van der Waals surface area contributed by atoms with Crippen LogP contribution in [0.15, 0.2) is 0 Å². The van der Waals surface area contributed by atoms with Gasteiger partial charge in [0.1, 0.15) is 0 Å². The predicted molar refractivity (Wildman–Crippen MR) is 54.2 cm³/mol. The van der Waals surface area contributed by atoms with Crippen LogP contribution in [0.1, 0.15) is 13.8 Å². The van der Waals surface area contributed by atoms with Crippen molar-refractivity contribution in [2.45, 2.75) is 31.5 Å². The second-order valence-corrected chi connectivity index (χ2v) is 4.43. The average molecular weight is 200 g/mol. The molecule has 14 heavy (non-hydrogen) atoms. The number of hydrogen-bond donors (Lipinski definition) is 1. The van der Waals surface area contributed by atoms with Gasteiger partial charge in [-0.15, -0.1) is 0 Å². The van der Waals surface area contributed by atoms with Gasteiger partial charge in [0.05, 0.1) is 31.5 Å². The van der Waals surface area contributed by atoms with Crippen molar-refractivity contribution in [3.05, 3.63) is 0 Å². The molecule has 2 N–H and O–H groups in total. The van der Waals surface area contributed by atoms with Crippen molar-refractivity contribution in [1.29, 1.82) is 0 Å². The molecule has 2 aliphatic heterocycles. The Morgan fingerprint density at radius 3 is 2.64 bits per heavy atom. The standard InChI is InChI=1S/C10H20N2O2/c1-8-9(2)14-4-3-12(8)10(5-11)6-13-7-10/h8-9H,3-7,11H2,1-2H3. The summed E-state index contributed by atoms with van der Waals surface area (Å²) in [4.78, 5) is 2.46. The summed E-state index contributed by atoms with van der Waals surface area (Å²) in [6.07, 6.45) is 0.299. The Labute approximate surface area is 85.3 Å². The summed E-state index contributed by atoms with van der Waals surface area (Å²) < 4.78 is 10.9. The zero-order chi connectivity index (χ0) is 10.2. The molecule has 2 aliphatic rings. The fourth-order valence-electron chi connectivity index (χ4n) is 2.34. The van der Waals surface area contributed by atoms with Crippen LogP contribution >= 0.6 is 0 Å². The smallest absolute Gasteiger partial charge is 0.0806 e. The quantitative estimate of drug-likeness (QED) is 0.672.